The molecule has 1 aliphatic rings. The Hall–Kier alpha value is -0.420. The molecule has 0 aromatic carbocycles. The highest BCUT2D eigenvalue weighted by Gasteiger charge is 2.27. The van der Waals surface area contributed by atoms with E-state index in [2.05, 4.69) is 6.92 Å². The summed E-state index contributed by atoms with van der Waals surface area (Å²) in [7, 11) is 0. The zero-order valence-corrected chi connectivity index (χ0v) is 10.7. The highest BCUT2D eigenvalue weighted by molar-refractivity contribution is 8.25. The number of carbonyl (C=O) groups is 2. The maximum Gasteiger partial charge on any atom is 0.343 e. The van der Waals surface area contributed by atoms with Crippen LogP contribution in [-0.2, 0) is 14.3 Å². The van der Waals surface area contributed by atoms with E-state index >= 15 is 0 Å². The highest BCUT2D eigenvalue weighted by atomic mass is 32.2. The lowest BCUT2D eigenvalue weighted by Gasteiger charge is -2.06. The van der Waals surface area contributed by atoms with Crippen LogP contribution < -0.4 is 0 Å². The van der Waals surface area contributed by atoms with Crippen molar-refractivity contribution in [1.29, 1.82) is 0 Å². The molecule has 0 saturated carbocycles. The van der Waals surface area contributed by atoms with Crippen LogP contribution in [0.4, 0.5) is 0 Å². The summed E-state index contributed by atoms with van der Waals surface area (Å²) in [5.41, 5.74) is 0.219. The molecular formula is C10H14O3S2. The average Bonchev–Trinajstić information content (AvgIpc) is 2.51. The van der Waals surface area contributed by atoms with Gasteiger partial charge in [-0.25, -0.2) is 4.79 Å². The van der Waals surface area contributed by atoms with Gasteiger partial charge in [-0.05, 0) is 13.8 Å². The molecule has 84 valence electrons. The smallest absolute Gasteiger partial charge is 0.343 e. The standard InChI is InChI=1S/C10H14O3S2/c1-4-13-9(12)8(7(3)11)10-14-5-6(2)15-10/h6H,4-5H2,1-3H3/b10-8-. The quantitative estimate of drug-likeness (QED) is 0.330. The Labute approximate surface area is 98.0 Å². The fourth-order valence-electron chi connectivity index (χ4n) is 1.15. The first-order chi connectivity index (χ1) is 7.06. The van der Waals surface area contributed by atoms with Gasteiger partial charge in [0.1, 0.15) is 5.57 Å². The summed E-state index contributed by atoms with van der Waals surface area (Å²) in [6.07, 6.45) is 0. The van der Waals surface area contributed by atoms with Crippen molar-refractivity contribution in [1.82, 2.24) is 0 Å². The van der Waals surface area contributed by atoms with Crippen molar-refractivity contribution in [2.45, 2.75) is 26.0 Å². The van der Waals surface area contributed by atoms with Crippen LogP contribution in [0.1, 0.15) is 20.8 Å². The van der Waals surface area contributed by atoms with Gasteiger partial charge in [-0.2, -0.15) is 0 Å². The van der Waals surface area contributed by atoms with Gasteiger partial charge >= 0.3 is 5.97 Å². The largest absolute Gasteiger partial charge is 0.462 e. The Morgan fingerprint density at radius 1 is 1.53 bits per heavy atom. The molecule has 0 bridgehead atoms. The molecule has 5 heteroatoms. The predicted molar refractivity (Wildman–Crippen MR) is 63.9 cm³/mol. The van der Waals surface area contributed by atoms with E-state index < -0.39 is 5.97 Å². The predicted octanol–water partition coefficient (Wildman–Crippen LogP) is 2.22. The van der Waals surface area contributed by atoms with E-state index in [9.17, 15) is 9.59 Å². The third-order valence-corrected chi connectivity index (χ3v) is 4.77. The van der Waals surface area contributed by atoms with E-state index in [4.69, 9.17) is 4.74 Å². The first kappa shape index (κ1) is 12.6. The minimum absolute atomic E-state index is 0.211. The van der Waals surface area contributed by atoms with Gasteiger partial charge in [-0.3, -0.25) is 4.79 Å². The highest BCUT2D eigenvalue weighted by Crippen LogP contribution is 2.43. The fraction of sp³-hybridized carbons (Fsp3) is 0.600. The molecule has 1 atom stereocenters. The summed E-state index contributed by atoms with van der Waals surface area (Å²) in [5.74, 6) is 0.238. The van der Waals surface area contributed by atoms with Crippen LogP contribution in [-0.4, -0.2) is 29.4 Å². The van der Waals surface area contributed by atoms with Crippen molar-refractivity contribution in [3.63, 3.8) is 0 Å². The number of hydrogen-bond acceptors (Lipinski definition) is 5. The number of ketones is 1. The van der Waals surface area contributed by atoms with Gasteiger partial charge < -0.3 is 4.74 Å². The normalized spacial score (nSPS) is 23.8. The molecule has 0 amide bonds. The van der Waals surface area contributed by atoms with E-state index in [0.717, 1.165) is 9.99 Å². The minimum atomic E-state index is -0.492. The molecule has 1 fully saturated rings. The van der Waals surface area contributed by atoms with Crippen LogP contribution in [0, 0.1) is 0 Å². The second kappa shape index (κ2) is 5.61. The Balaban J connectivity index is 2.91. The minimum Gasteiger partial charge on any atom is -0.462 e. The number of ether oxygens (including phenoxy) is 1. The van der Waals surface area contributed by atoms with Crippen LogP contribution in [0.25, 0.3) is 0 Å². The number of hydrogen-bond donors (Lipinski definition) is 0. The SMILES string of the molecule is CCOC(=O)/C(C(C)=O)=C1/SCC(C)S1. The van der Waals surface area contributed by atoms with Crippen molar-refractivity contribution < 1.29 is 14.3 Å². The van der Waals surface area contributed by atoms with E-state index in [-0.39, 0.29) is 11.4 Å². The zero-order chi connectivity index (χ0) is 11.4. The molecular weight excluding hydrogens is 232 g/mol. The summed E-state index contributed by atoms with van der Waals surface area (Å²) in [6, 6.07) is 0. The molecule has 1 aliphatic heterocycles. The summed E-state index contributed by atoms with van der Waals surface area (Å²) in [4.78, 5) is 22.9. The number of rotatable bonds is 3. The molecule has 15 heavy (non-hydrogen) atoms. The van der Waals surface area contributed by atoms with Gasteiger partial charge in [0, 0.05) is 11.0 Å². The second-order valence-electron chi connectivity index (χ2n) is 3.18. The van der Waals surface area contributed by atoms with Crippen molar-refractivity contribution in [2.75, 3.05) is 12.4 Å². The molecule has 0 spiro atoms. The van der Waals surface area contributed by atoms with Crippen LogP contribution in [0.2, 0.25) is 0 Å². The number of esters is 1. The third-order valence-electron chi connectivity index (χ3n) is 1.79. The summed E-state index contributed by atoms with van der Waals surface area (Å²) in [5, 5.41) is 0.453. The number of Topliss-reactive ketones (excluding diaryl/α,β-unsaturated/α-hetero) is 1. The van der Waals surface area contributed by atoms with Crippen LogP contribution in [0.5, 0.6) is 0 Å². The fourth-order valence-corrected chi connectivity index (χ4v) is 4.06. The Bertz CT molecular complexity index is 310. The Kier molecular flexibility index (Phi) is 4.73. The lowest BCUT2D eigenvalue weighted by molar-refractivity contribution is -0.139. The molecule has 3 nitrogen and oxygen atoms in total. The molecule has 0 radical (unpaired) electrons. The van der Waals surface area contributed by atoms with Crippen molar-refractivity contribution in [3.05, 3.63) is 9.81 Å². The van der Waals surface area contributed by atoms with Crippen molar-refractivity contribution in [3.8, 4) is 0 Å². The molecule has 1 saturated heterocycles. The van der Waals surface area contributed by atoms with Gasteiger partial charge in [-0.1, -0.05) is 6.92 Å². The van der Waals surface area contributed by atoms with Crippen LogP contribution in [0.3, 0.4) is 0 Å². The lowest BCUT2D eigenvalue weighted by atomic mass is 10.2. The molecule has 1 rings (SSSR count). The average molecular weight is 246 g/mol. The Morgan fingerprint density at radius 2 is 2.20 bits per heavy atom. The first-order valence-corrected chi connectivity index (χ1v) is 6.64. The maximum absolute atomic E-state index is 11.6. The molecule has 0 N–H and O–H groups in total. The van der Waals surface area contributed by atoms with Crippen LogP contribution in [0.15, 0.2) is 9.81 Å². The lowest BCUT2D eigenvalue weighted by Crippen LogP contribution is -2.14. The third kappa shape index (κ3) is 3.28. The summed E-state index contributed by atoms with van der Waals surface area (Å²) in [6.45, 7) is 5.52. The molecule has 0 aromatic rings. The number of carbonyl (C=O) groups excluding carboxylic acids is 2. The van der Waals surface area contributed by atoms with E-state index in [1.165, 1.54) is 6.92 Å². The van der Waals surface area contributed by atoms with Crippen molar-refractivity contribution >= 4 is 35.3 Å². The number of thioether (sulfide) groups is 2. The van der Waals surface area contributed by atoms with Crippen molar-refractivity contribution in [2.24, 2.45) is 0 Å². The van der Waals surface area contributed by atoms with Gasteiger partial charge in [0.2, 0.25) is 0 Å². The monoisotopic (exact) mass is 246 g/mol. The molecule has 0 aliphatic carbocycles. The molecule has 1 heterocycles. The van der Waals surface area contributed by atoms with Gasteiger partial charge in [0.05, 0.1) is 10.8 Å². The summed E-state index contributed by atoms with van der Waals surface area (Å²) < 4.78 is 5.68. The van der Waals surface area contributed by atoms with E-state index in [0.29, 0.717) is 11.9 Å². The second-order valence-corrected chi connectivity index (χ2v) is 5.92. The Morgan fingerprint density at radius 3 is 2.60 bits per heavy atom. The van der Waals surface area contributed by atoms with Crippen LogP contribution >= 0.6 is 23.5 Å². The first-order valence-electron chi connectivity index (χ1n) is 4.78. The van der Waals surface area contributed by atoms with Gasteiger partial charge in [0.15, 0.2) is 5.78 Å². The summed E-state index contributed by atoms with van der Waals surface area (Å²) >= 11 is 3.14. The maximum atomic E-state index is 11.6. The van der Waals surface area contributed by atoms with Gasteiger partial charge in [0.25, 0.3) is 0 Å². The molecule has 1 unspecified atom stereocenters. The topological polar surface area (TPSA) is 43.4 Å². The zero-order valence-electron chi connectivity index (χ0n) is 9.03. The van der Waals surface area contributed by atoms with E-state index in [1.54, 1.807) is 30.4 Å². The van der Waals surface area contributed by atoms with E-state index in [1.807, 2.05) is 0 Å². The van der Waals surface area contributed by atoms with Gasteiger partial charge in [-0.15, -0.1) is 23.5 Å². The molecule has 0 aromatic heterocycles.